The van der Waals surface area contributed by atoms with E-state index in [1.165, 1.54) is 44.9 Å². The van der Waals surface area contributed by atoms with E-state index in [4.69, 9.17) is 4.98 Å². The van der Waals surface area contributed by atoms with E-state index >= 15 is 0 Å². The van der Waals surface area contributed by atoms with Crippen LogP contribution in [-0.4, -0.2) is 4.98 Å². The molecule has 0 unspecified atom stereocenters. The highest BCUT2D eigenvalue weighted by atomic mass is 14.9. The first-order valence-electron chi connectivity index (χ1n) is 8.91. The Labute approximate surface area is 150 Å². The highest BCUT2D eigenvalue weighted by Gasteiger charge is 2.41. The van der Waals surface area contributed by atoms with Crippen molar-refractivity contribution in [2.24, 2.45) is 7.05 Å². The van der Waals surface area contributed by atoms with Gasteiger partial charge in [-0.25, -0.2) is 0 Å². The fourth-order valence-electron chi connectivity index (χ4n) is 4.22. The quantitative estimate of drug-likeness (QED) is 0.586. The third-order valence-corrected chi connectivity index (χ3v) is 5.69. The third kappa shape index (κ3) is 2.17. The van der Waals surface area contributed by atoms with Crippen molar-refractivity contribution in [1.82, 2.24) is 4.98 Å². The van der Waals surface area contributed by atoms with E-state index in [0.717, 1.165) is 5.69 Å². The molecule has 0 fully saturated rings. The second-order valence-electron chi connectivity index (χ2n) is 7.77. The average Bonchev–Trinajstić information content (AvgIpc) is 2.79. The van der Waals surface area contributed by atoms with Crippen molar-refractivity contribution >= 4 is 0 Å². The maximum atomic E-state index is 4.92. The standard InChI is InChI=1S/C23H25N2/c1-14-10-12-17-18-13-11-15(2)24-22(18)23(4,5)21(17)20(14)19-9-7-8-16(3)25(19)6/h7-13H,1-6H3/q+1. The number of aromatic nitrogens is 2. The number of pyridine rings is 2. The van der Waals surface area contributed by atoms with Gasteiger partial charge in [-0.15, -0.1) is 0 Å². The summed E-state index contributed by atoms with van der Waals surface area (Å²) in [6, 6.07) is 15.4. The van der Waals surface area contributed by atoms with E-state index in [9.17, 15) is 0 Å². The molecule has 1 aromatic carbocycles. The van der Waals surface area contributed by atoms with Gasteiger partial charge in [0.25, 0.3) is 0 Å². The van der Waals surface area contributed by atoms with Crippen molar-refractivity contribution in [2.45, 2.75) is 40.0 Å². The minimum Gasteiger partial charge on any atom is -0.257 e. The van der Waals surface area contributed by atoms with Crippen molar-refractivity contribution in [3.8, 4) is 22.4 Å². The monoisotopic (exact) mass is 329 g/mol. The van der Waals surface area contributed by atoms with E-state index < -0.39 is 0 Å². The lowest BCUT2D eigenvalue weighted by Gasteiger charge is -2.24. The zero-order valence-corrected chi connectivity index (χ0v) is 15.9. The molecule has 1 aliphatic rings. The number of nitrogens with zero attached hydrogens (tertiary/aromatic N) is 2. The molecule has 2 heterocycles. The second kappa shape index (κ2) is 5.26. The summed E-state index contributed by atoms with van der Waals surface area (Å²) in [6.07, 6.45) is 0. The Bertz CT molecular complexity index is 1010. The molecule has 25 heavy (non-hydrogen) atoms. The molecule has 0 N–H and O–H groups in total. The zero-order valence-electron chi connectivity index (χ0n) is 15.9. The molecule has 2 aromatic heterocycles. The molecule has 0 aliphatic heterocycles. The molecule has 0 spiro atoms. The second-order valence-corrected chi connectivity index (χ2v) is 7.77. The maximum absolute atomic E-state index is 4.92. The minimum atomic E-state index is -0.102. The Kier molecular flexibility index (Phi) is 3.37. The van der Waals surface area contributed by atoms with Gasteiger partial charge in [0.2, 0.25) is 5.69 Å². The molecule has 0 amide bonds. The molecule has 0 saturated carbocycles. The first kappa shape index (κ1) is 16.0. The molecule has 2 heteroatoms. The lowest BCUT2D eigenvalue weighted by Crippen LogP contribution is -2.35. The van der Waals surface area contributed by atoms with Gasteiger partial charge in [0.05, 0.1) is 11.3 Å². The van der Waals surface area contributed by atoms with Crippen LogP contribution in [0.25, 0.3) is 22.4 Å². The SMILES string of the molecule is Cc1ccc2c(n1)C(C)(C)c1c-2ccc(C)c1-c1cccc(C)[n+]1C. The lowest BCUT2D eigenvalue weighted by molar-refractivity contribution is -0.666. The van der Waals surface area contributed by atoms with Gasteiger partial charge in [0.15, 0.2) is 5.69 Å². The van der Waals surface area contributed by atoms with Gasteiger partial charge in [-0.05, 0) is 42.7 Å². The molecule has 0 saturated heterocycles. The van der Waals surface area contributed by atoms with Crippen LogP contribution in [0.5, 0.6) is 0 Å². The van der Waals surface area contributed by atoms with Crippen LogP contribution in [0.1, 0.15) is 42.1 Å². The van der Waals surface area contributed by atoms with Gasteiger partial charge < -0.3 is 0 Å². The predicted molar refractivity (Wildman–Crippen MR) is 103 cm³/mol. The van der Waals surface area contributed by atoms with Crippen molar-refractivity contribution in [2.75, 3.05) is 0 Å². The fraction of sp³-hybridized carbons (Fsp3) is 0.304. The summed E-state index contributed by atoms with van der Waals surface area (Å²) in [5.74, 6) is 0. The molecular weight excluding hydrogens is 304 g/mol. The third-order valence-electron chi connectivity index (χ3n) is 5.69. The predicted octanol–water partition coefficient (Wildman–Crippen LogP) is 4.80. The molecule has 0 atom stereocenters. The summed E-state index contributed by atoms with van der Waals surface area (Å²) in [5, 5.41) is 0. The number of aryl methyl sites for hydroxylation is 3. The highest BCUT2D eigenvalue weighted by Crippen LogP contribution is 2.51. The van der Waals surface area contributed by atoms with Crippen LogP contribution >= 0.6 is 0 Å². The molecule has 1 aliphatic carbocycles. The summed E-state index contributed by atoms with van der Waals surface area (Å²) >= 11 is 0. The molecule has 3 aromatic rings. The topological polar surface area (TPSA) is 16.8 Å². The molecular formula is C23H25N2+. The van der Waals surface area contributed by atoms with Gasteiger partial charge in [-0.3, -0.25) is 4.98 Å². The van der Waals surface area contributed by atoms with Crippen LogP contribution < -0.4 is 4.57 Å². The van der Waals surface area contributed by atoms with Crippen molar-refractivity contribution in [1.29, 1.82) is 0 Å². The molecule has 4 rings (SSSR count). The van der Waals surface area contributed by atoms with Crippen LogP contribution in [0.15, 0.2) is 42.5 Å². The summed E-state index contributed by atoms with van der Waals surface area (Å²) in [7, 11) is 2.15. The van der Waals surface area contributed by atoms with E-state index in [1.807, 2.05) is 0 Å². The first-order chi connectivity index (χ1) is 11.8. The first-order valence-corrected chi connectivity index (χ1v) is 8.91. The minimum absolute atomic E-state index is 0.102. The Morgan fingerprint density at radius 1 is 0.880 bits per heavy atom. The van der Waals surface area contributed by atoms with E-state index in [-0.39, 0.29) is 5.41 Å². The maximum Gasteiger partial charge on any atom is 0.213 e. The molecule has 126 valence electrons. The smallest absolute Gasteiger partial charge is 0.213 e. The Morgan fingerprint density at radius 3 is 2.36 bits per heavy atom. The van der Waals surface area contributed by atoms with Crippen LogP contribution in [0.2, 0.25) is 0 Å². The largest absolute Gasteiger partial charge is 0.257 e. The number of fused-ring (bicyclic) bond motifs is 3. The van der Waals surface area contributed by atoms with Crippen molar-refractivity contribution in [3.05, 3.63) is 70.7 Å². The normalized spacial score (nSPS) is 14.3. The van der Waals surface area contributed by atoms with E-state index in [1.54, 1.807) is 0 Å². The Balaban J connectivity index is 2.11. The average molecular weight is 329 g/mol. The molecule has 0 bridgehead atoms. The van der Waals surface area contributed by atoms with Gasteiger partial charge >= 0.3 is 0 Å². The van der Waals surface area contributed by atoms with Crippen LogP contribution in [0, 0.1) is 20.8 Å². The summed E-state index contributed by atoms with van der Waals surface area (Å²) in [6.45, 7) is 11.1. The van der Waals surface area contributed by atoms with E-state index in [0.29, 0.717) is 0 Å². The molecule has 2 nitrogen and oxygen atoms in total. The van der Waals surface area contributed by atoms with E-state index in [2.05, 4.69) is 88.7 Å². The van der Waals surface area contributed by atoms with Gasteiger partial charge in [-0.1, -0.05) is 32.0 Å². The number of benzene rings is 1. The lowest BCUT2D eigenvalue weighted by atomic mass is 9.80. The van der Waals surface area contributed by atoms with Crippen LogP contribution in [0.4, 0.5) is 0 Å². The Hall–Kier alpha value is -2.48. The number of hydrogen-bond acceptors (Lipinski definition) is 1. The van der Waals surface area contributed by atoms with Gasteiger partial charge in [0, 0.05) is 35.7 Å². The Morgan fingerprint density at radius 2 is 1.60 bits per heavy atom. The highest BCUT2D eigenvalue weighted by molar-refractivity contribution is 5.87. The van der Waals surface area contributed by atoms with Crippen LogP contribution in [-0.2, 0) is 12.5 Å². The van der Waals surface area contributed by atoms with Crippen molar-refractivity contribution < 1.29 is 4.57 Å². The molecule has 0 radical (unpaired) electrons. The number of rotatable bonds is 1. The van der Waals surface area contributed by atoms with Gasteiger partial charge in [-0.2, -0.15) is 4.57 Å². The van der Waals surface area contributed by atoms with Gasteiger partial charge in [0.1, 0.15) is 7.05 Å². The summed E-state index contributed by atoms with van der Waals surface area (Å²) in [5.41, 5.74) is 11.4. The number of hydrogen-bond donors (Lipinski definition) is 0. The summed E-state index contributed by atoms with van der Waals surface area (Å²) in [4.78, 5) is 4.92. The zero-order chi connectivity index (χ0) is 17.9. The summed E-state index contributed by atoms with van der Waals surface area (Å²) < 4.78 is 2.29. The van der Waals surface area contributed by atoms with Crippen molar-refractivity contribution in [3.63, 3.8) is 0 Å². The fourth-order valence-corrected chi connectivity index (χ4v) is 4.22. The van der Waals surface area contributed by atoms with Crippen LogP contribution in [0.3, 0.4) is 0 Å².